The van der Waals surface area contributed by atoms with Crippen LogP contribution in [0, 0.1) is 59.2 Å². The zero-order valence-corrected chi connectivity index (χ0v) is 32.8. The van der Waals surface area contributed by atoms with E-state index in [-0.39, 0.29) is 0 Å². The average Bonchev–Trinajstić information content (AvgIpc) is 3.19. The van der Waals surface area contributed by atoms with Crippen LogP contribution < -0.4 is 0 Å². The molecule has 0 N–H and O–H groups in total. The van der Waals surface area contributed by atoms with Gasteiger partial charge in [0, 0.05) is 36.3 Å². The van der Waals surface area contributed by atoms with Gasteiger partial charge in [0.2, 0.25) is 0 Å². The summed E-state index contributed by atoms with van der Waals surface area (Å²) in [6.07, 6.45) is 50.0. The Bertz CT molecular complexity index is 1100. The summed E-state index contributed by atoms with van der Waals surface area (Å²) in [5.74, 6) is 10.6. The fourth-order valence-corrected chi connectivity index (χ4v) is 17.9. The molecule has 10 saturated carbocycles. The summed E-state index contributed by atoms with van der Waals surface area (Å²) in [6.45, 7) is 0. The highest BCUT2D eigenvalue weighted by Crippen LogP contribution is 2.63. The third kappa shape index (κ3) is 6.25. The van der Waals surface area contributed by atoms with Crippen molar-refractivity contribution in [1.29, 1.82) is 0 Å². The topological polar surface area (TPSA) is 6.48 Å². The van der Waals surface area contributed by atoms with Gasteiger partial charge in [-0.25, -0.2) is 0 Å². The summed E-state index contributed by atoms with van der Waals surface area (Å²) < 4.78 is 0. The average molecular weight is 685 g/mol. The van der Waals surface area contributed by atoms with Crippen molar-refractivity contribution in [2.45, 2.75) is 242 Å². The van der Waals surface area contributed by atoms with E-state index in [1.807, 2.05) is 0 Å². The maximum atomic E-state index is 3.54. The van der Waals surface area contributed by atoms with E-state index in [1.165, 1.54) is 38.5 Å². The molecule has 14 atom stereocenters. The van der Waals surface area contributed by atoms with Gasteiger partial charge in [0.15, 0.2) is 0 Å². The molecule has 0 spiro atoms. The van der Waals surface area contributed by atoms with E-state index in [0.717, 1.165) is 95.4 Å². The number of fused-ring (bicyclic) bond motifs is 2. The molecule has 2 heteroatoms. The monoisotopic (exact) mass is 685 g/mol. The van der Waals surface area contributed by atoms with Gasteiger partial charge in [0.1, 0.15) is 0 Å². The fourth-order valence-electron chi connectivity index (χ4n) is 17.9. The van der Waals surface area contributed by atoms with Crippen molar-refractivity contribution in [3.63, 3.8) is 0 Å². The Balaban J connectivity index is 1.04. The number of nitrogens with zero attached hydrogens (tertiary/aromatic N) is 2. The minimum Gasteiger partial charge on any atom is -0.294 e. The maximum absolute atomic E-state index is 3.54. The maximum Gasteiger partial charge on any atom is 0.0136 e. The minimum atomic E-state index is 0.925. The van der Waals surface area contributed by atoms with E-state index in [9.17, 15) is 0 Å². The Hall–Kier alpha value is -0.0800. The molecule has 14 unspecified atom stereocenters. The van der Waals surface area contributed by atoms with Gasteiger partial charge in [-0.2, -0.15) is 0 Å². The van der Waals surface area contributed by atoms with Crippen LogP contribution in [0.1, 0.15) is 205 Å². The van der Waals surface area contributed by atoms with Gasteiger partial charge < -0.3 is 0 Å². The summed E-state index contributed by atoms with van der Waals surface area (Å²) in [7, 11) is 0. The zero-order chi connectivity index (χ0) is 33.0. The Morgan fingerprint density at radius 1 is 0.240 bits per heavy atom. The summed E-state index contributed by atoms with van der Waals surface area (Å²) in [5.41, 5.74) is 0. The van der Waals surface area contributed by atoms with Gasteiger partial charge in [0.25, 0.3) is 0 Å². The Kier molecular flexibility index (Phi) is 10.5. The standard InChI is InChI=1S/C48H80N2/c1-3-19-37(20-4-1)49(43-26-12-16-33-14-7-9-23-39(33)43)45-31-30-36-29-28-35-18-11-25-41-46(32-42(45)48(36)47(35)41)50(38-21-5-2-6-22-38)44-27-13-17-34-15-8-10-24-40(34)44/h33-48H,1-32H2. The molecule has 0 heterocycles. The van der Waals surface area contributed by atoms with Crippen molar-refractivity contribution < 1.29 is 0 Å². The Labute approximate surface area is 309 Å². The van der Waals surface area contributed by atoms with Crippen molar-refractivity contribution in [2.75, 3.05) is 0 Å². The smallest absolute Gasteiger partial charge is 0.0136 e. The first-order valence-electron chi connectivity index (χ1n) is 24.4. The van der Waals surface area contributed by atoms with Gasteiger partial charge in [0.05, 0.1) is 0 Å². The third-order valence-electron chi connectivity index (χ3n) is 19.5. The van der Waals surface area contributed by atoms with Crippen LogP contribution in [0.2, 0.25) is 0 Å². The van der Waals surface area contributed by atoms with Gasteiger partial charge in [-0.15, -0.1) is 0 Å². The van der Waals surface area contributed by atoms with Crippen LogP contribution in [0.15, 0.2) is 0 Å². The molecule has 0 amide bonds. The molecule has 10 aliphatic rings. The molecule has 282 valence electrons. The second-order valence-electron chi connectivity index (χ2n) is 21.3. The second kappa shape index (κ2) is 15.2. The fraction of sp³-hybridized carbons (Fsp3) is 1.00. The van der Waals surface area contributed by atoms with Crippen molar-refractivity contribution in [2.24, 2.45) is 59.2 Å². The summed E-state index contributed by atoms with van der Waals surface area (Å²) in [4.78, 5) is 7.07. The zero-order valence-electron chi connectivity index (χ0n) is 32.8. The quantitative estimate of drug-likeness (QED) is 0.275. The highest BCUT2D eigenvalue weighted by molar-refractivity contribution is 5.12. The van der Waals surface area contributed by atoms with Crippen molar-refractivity contribution in [3.05, 3.63) is 0 Å². The van der Waals surface area contributed by atoms with Crippen LogP contribution in [0.5, 0.6) is 0 Å². The van der Waals surface area contributed by atoms with E-state index < -0.39 is 0 Å². The third-order valence-corrected chi connectivity index (χ3v) is 19.5. The first-order chi connectivity index (χ1) is 24.8. The van der Waals surface area contributed by atoms with E-state index in [4.69, 9.17) is 0 Å². The van der Waals surface area contributed by atoms with Gasteiger partial charge in [-0.1, -0.05) is 116 Å². The molecule has 0 aromatic heterocycles. The molecule has 10 fully saturated rings. The van der Waals surface area contributed by atoms with Crippen LogP contribution in [-0.4, -0.2) is 46.1 Å². The first-order valence-corrected chi connectivity index (χ1v) is 24.4. The van der Waals surface area contributed by atoms with Gasteiger partial charge in [-0.05, 0) is 149 Å². The first kappa shape index (κ1) is 34.4. The number of rotatable bonds is 6. The molecule has 10 rings (SSSR count). The SMILES string of the molecule is C1CCC(N(C2CCCC3CCCCC32)C2CCC3CCC4CCCC5C4C3C2CC5N(C2CCCCC2)C2CCCC3CCCCC32)CC1. The number of hydrogen-bond donors (Lipinski definition) is 0. The molecule has 50 heavy (non-hydrogen) atoms. The second-order valence-corrected chi connectivity index (χ2v) is 21.3. The van der Waals surface area contributed by atoms with Crippen LogP contribution >= 0.6 is 0 Å². The molecular weight excluding hydrogens is 605 g/mol. The molecule has 10 aliphatic carbocycles. The molecule has 0 aromatic rings. The number of hydrogen-bond acceptors (Lipinski definition) is 2. The van der Waals surface area contributed by atoms with Crippen molar-refractivity contribution >= 4 is 0 Å². The molecule has 0 aromatic carbocycles. The molecule has 0 bridgehead atoms. The van der Waals surface area contributed by atoms with E-state index in [2.05, 4.69) is 9.80 Å². The minimum absolute atomic E-state index is 0.925. The van der Waals surface area contributed by atoms with E-state index in [0.29, 0.717) is 0 Å². The van der Waals surface area contributed by atoms with Crippen LogP contribution in [0.3, 0.4) is 0 Å². The highest BCUT2D eigenvalue weighted by Gasteiger charge is 2.60. The molecule has 2 nitrogen and oxygen atoms in total. The predicted octanol–water partition coefficient (Wildman–Crippen LogP) is 12.6. The van der Waals surface area contributed by atoms with Crippen LogP contribution in [0.25, 0.3) is 0 Å². The van der Waals surface area contributed by atoms with Gasteiger partial charge in [-0.3, -0.25) is 9.80 Å². The van der Waals surface area contributed by atoms with E-state index >= 15 is 0 Å². The molecule has 0 saturated heterocycles. The molecule has 0 aliphatic heterocycles. The van der Waals surface area contributed by atoms with E-state index in [1.54, 1.807) is 167 Å². The van der Waals surface area contributed by atoms with Gasteiger partial charge >= 0.3 is 0 Å². The lowest BCUT2D eigenvalue weighted by atomic mass is 9.45. The summed E-state index contributed by atoms with van der Waals surface area (Å²) in [6, 6.07) is 5.59. The predicted molar refractivity (Wildman–Crippen MR) is 209 cm³/mol. The summed E-state index contributed by atoms with van der Waals surface area (Å²) >= 11 is 0. The summed E-state index contributed by atoms with van der Waals surface area (Å²) in [5, 5.41) is 0. The normalized spacial score (nSPS) is 48.8. The largest absolute Gasteiger partial charge is 0.294 e. The molecular formula is C48H80N2. The lowest BCUT2D eigenvalue weighted by Gasteiger charge is -2.66. The van der Waals surface area contributed by atoms with Crippen molar-refractivity contribution in [3.8, 4) is 0 Å². The van der Waals surface area contributed by atoms with Crippen LogP contribution in [-0.2, 0) is 0 Å². The highest BCUT2D eigenvalue weighted by atomic mass is 15.3. The van der Waals surface area contributed by atoms with Crippen LogP contribution in [0.4, 0.5) is 0 Å². The van der Waals surface area contributed by atoms with Crippen molar-refractivity contribution in [1.82, 2.24) is 9.80 Å². The Morgan fingerprint density at radius 3 is 1.26 bits per heavy atom. The Morgan fingerprint density at radius 2 is 0.640 bits per heavy atom. The lowest BCUT2D eigenvalue weighted by Crippen LogP contribution is -2.67. The lowest BCUT2D eigenvalue weighted by molar-refractivity contribution is -0.169. The molecule has 0 radical (unpaired) electrons.